The third-order valence-electron chi connectivity index (χ3n) is 3.46. The maximum atomic E-state index is 12.3. The molecule has 0 aliphatic rings. The Kier molecular flexibility index (Phi) is 4.38. The number of para-hydroxylation sites is 2. The van der Waals surface area contributed by atoms with Crippen molar-refractivity contribution in [2.75, 3.05) is 17.7 Å². The molecular formula is C18H15N3O3. The van der Waals surface area contributed by atoms with Gasteiger partial charge in [0.05, 0.1) is 29.6 Å². The molecule has 0 bridgehead atoms. The van der Waals surface area contributed by atoms with Gasteiger partial charge in [0, 0.05) is 11.6 Å². The summed E-state index contributed by atoms with van der Waals surface area (Å²) in [4.78, 5) is 28.3. The van der Waals surface area contributed by atoms with Crippen molar-refractivity contribution in [3.05, 3.63) is 66.4 Å². The second-order valence-corrected chi connectivity index (χ2v) is 5.00. The number of ether oxygens (including phenoxy) is 1. The first-order valence-electron chi connectivity index (χ1n) is 7.28. The number of anilines is 2. The van der Waals surface area contributed by atoms with E-state index in [1.165, 1.54) is 7.11 Å². The van der Waals surface area contributed by atoms with Crippen molar-refractivity contribution < 1.29 is 14.3 Å². The molecule has 0 aliphatic heterocycles. The summed E-state index contributed by atoms with van der Waals surface area (Å²) in [6.07, 6.45) is 1.66. The van der Waals surface area contributed by atoms with Crippen LogP contribution >= 0.6 is 0 Å². The highest BCUT2D eigenvalue weighted by Gasteiger charge is 2.13. The lowest BCUT2D eigenvalue weighted by Gasteiger charge is -2.11. The Balaban J connectivity index is 1.83. The molecule has 2 N–H and O–H groups in total. The fourth-order valence-electron chi connectivity index (χ4n) is 2.36. The van der Waals surface area contributed by atoms with Gasteiger partial charge >= 0.3 is 12.0 Å². The fraction of sp³-hybridized carbons (Fsp3) is 0.0556. The van der Waals surface area contributed by atoms with Crippen molar-refractivity contribution in [2.45, 2.75) is 0 Å². The van der Waals surface area contributed by atoms with Crippen molar-refractivity contribution >= 4 is 34.3 Å². The Hall–Kier alpha value is -3.41. The summed E-state index contributed by atoms with van der Waals surface area (Å²) < 4.78 is 4.71. The van der Waals surface area contributed by atoms with Gasteiger partial charge in [-0.1, -0.05) is 30.3 Å². The molecule has 3 aromatic rings. The number of aromatic nitrogens is 1. The van der Waals surface area contributed by atoms with Gasteiger partial charge < -0.3 is 15.4 Å². The van der Waals surface area contributed by atoms with Crippen LogP contribution in [0.1, 0.15) is 10.4 Å². The number of esters is 1. The molecule has 0 saturated heterocycles. The maximum absolute atomic E-state index is 12.3. The Morgan fingerprint density at radius 1 is 0.917 bits per heavy atom. The molecule has 0 spiro atoms. The van der Waals surface area contributed by atoms with Gasteiger partial charge in [-0.3, -0.25) is 4.98 Å². The number of nitrogens with zero attached hydrogens (tertiary/aromatic N) is 1. The predicted octanol–water partition coefficient (Wildman–Crippen LogP) is 3.67. The standard InChI is InChI=1S/C18H15N3O3/c1-24-17(22)13-8-2-3-9-14(13)20-18(23)21-15-10-4-6-12-7-5-11-19-16(12)15/h2-11H,1H3,(H2,20,21,23). The minimum atomic E-state index is -0.516. The van der Waals surface area contributed by atoms with E-state index in [1.54, 1.807) is 36.5 Å². The van der Waals surface area contributed by atoms with Crippen LogP contribution in [0.3, 0.4) is 0 Å². The summed E-state index contributed by atoms with van der Waals surface area (Å²) in [6, 6.07) is 15.4. The van der Waals surface area contributed by atoms with Crippen LogP contribution in [0.5, 0.6) is 0 Å². The molecule has 1 heterocycles. The first-order valence-corrected chi connectivity index (χ1v) is 7.28. The molecule has 24 heavy (non-hydrogen) atoms. The second-order valence-electron chi connectivity index (χ2n) is 5.00. The molecule has 3 rings (SSSR count). The molecule has 120 valence electrons. The number of nitrogens with one attached hydrogen (secondary N) is 2. The van der Waals surface area contributed by atoms with E-state index in [0.29, 0.717) is 16.9 Å². The summed E-state index contributed by atoms with van der Waals surface area (Å²) in [7, 11) is 1.29. The van der Waals surface area contributed by atoms with Crippen LogP contribution in [-0.4, -0.2) is 24.1 Å². The first-order chi connectivity index (χ1) is 11.7. The molecule has 6 heteroatoms. The lowest BCUT2D eigenvalue weighted by atomic mass is 10.2. The van der Waals surface area contributed by atoms with Gasteiger partial charge in [0.15, 0.2) is 0 Å². The lowest BCUT2D eigenvalue weighted by Crippen LogP contribution is -2.21. The zero-order chi connectivity index (χ0) is 16.9. The number of rotatable bonds is 3. The first kappa shape index (κ1) is 15.5. The molecule has 0 saturated carbocycles. The van der Waals surface area contributed by atoms with E-state index >= 15 is 0 Å². The van der Waals surface area contributed by atoms with Crippen LogP contribution in [0.4, 0.5) is 16.2 Å². The van der Waals surface area contributed by atoms with Gasteiger partial charge in [-0.15, -0.1) is 0 Å². The number of benzene rings is 2. The number of hydrogen-bond acceptors (Lipinski definition) is 4. The fourth-order valence-corrected chi connectivity index (χ4v) is 2.36. The average molecular weight is 321 g/mol. The SMILES string of the molecule is COC(=O)c1ccccc1NC(=O)Nc1cccc2cccnc12. The van der Waals surface area contributed by atoms with Crippen LogP contribution in [0, 0.1) is 0 Å². The van der Waals surface area contributed by atoms with Gasteiger partial charge in [-0.05, 0) is 24.3 Å². The van der Waals surface area contributed by atoms with Crippen molar-refractivity contribution in [1.29, 1.82) is 0 Å². The van der Waals surface area contributed by atoms with Gasteiger partial charge in [0.25, 0.3) is 0 Å². The maximum Gasteiger partial charge on any atom is 0.339 e. The monoisotopic (exact) mass is 321 g/mol. The van der Waals surface area contributed by atoms with Crippen LogP contribution in [-0.2, 0) is 4.74 Å². The number of urea groups is 1. The number of carbonyl (C=O) groups excluding carboxylic acids is 2. The molecule has 2 aromatic carbocycles. The molecule has 0 aliphatic carbocycles. The van der Waals surface area contributed by atoms with Crippen LogP contribution in [0.2, 0.25) is 0 Å². The Morgan fingerprint density at radius 2 is 1.62 bits per heavy atom. The highest BCUT2D eigenvalue weighted by Crippen LogP contribution is 2.21. The van der Waals surface area contributed by atoms with Crippen molar-refractivity contribution in [3.8, 4) is 0 Å². The van der Waals surface area contributed by atoms with E-state index < -0.39 is 12.0 Å². The van der Waals surface area contributed by atoms with Crippen molar-refractivity contribution in [3.63, 3.8) is 0 Å². The summed E-state index contributed by atoms with van der Waals surface area (Å²) in [6.45, 7) is 0. The van der Waals surface area contributed by atoms with Crippen LogP contribution in [0.15, 0.2) is 60.8 Å². The van der Waals surface area contributed by atoms with Gasteiger partial charge in [0.2, 0.25) is 0 Å². The predicted molar refractivity (Wildman–Crippen MR) is 92.2 cm³/mol. The zero-order valence-corrected chi connectivity index (χ0v) is 12.9. The quantitative estimate of drug-likeness (QED) is 0.721. The summed E-state index contributed by atoms with van der Waals surface area (Å²) in [5.74, 6) is -0.516. The second kappa shape index (κ2) is 6.78. The van der Waals surface area contributed by atoms with Gasteiger partial charge in [0.1, 0.15) is 0 Å². The Bertz CT molecular complexity index is 903. The molecule has 0 unspecified atom stereocenters. The van der Waals surface area contributed by atoms with Crippen molar-refractivity contribution in [2.24, 2.45) is 0 Å². The smallest absolute Gasteiger partial charge is 0.339 e. The van der Waals surface area contributed by atoms with Crippen molar-refractivity contribution in [1.82, 2.24) is 4.98 Å². The number of pyridine rings is 1. The third-order valence-corrected chi connectivity index (χ3v) is 3.46. The minimum absolute atomic E-state index is 0.284. The van der Waals surface area contributed by atoms with E-state index in [1.807, 2.05) is 24.3 Å². The number of methoxy groups -OCH3 is 1. The molecule has 0 atom stereocenters. The number of carbonyl (C=O) groups is 2. The Morgan fingerprint density at radius 3 is 2.46 bits per heavy atom. The molecule has 0 radical (unpaired) electrons. The highest BCUT2D eigenvalue weighted by molar-refractivity contribution is 6.07. The molecule has 6 nitrogen and oxygen atoms in total. The molecule has 0 fully saturated rings. The summed E-state index contributed by atoms with van der Waals surface area (Å²) in [5.41, 5.74) is 1.93. The Labute approximate surface area is 138 Å². The van der Waals surface area contributed by atoms with Crippen LogP contribution in [0.25, 0.3) is 10.9 Å². The van der Waals surface area contributed by atoms with E-state index in [-0.39, 0.29) is 5.56 Å². The summed E-state index contributed by atoms with van der Waals surface area (Å²) in [5, 5.41) is 6.33. The topological polar surface area (TPSA) is 80.3 Å². The summed E-state index contributed by atoms with van der Waals surface area (Å²) >= 11 is 0. The number of fused-ring (bicyclic) bond motifs is 1. The normalized spacial score (nSPS) is 10.2. The highest BCUT2D eigenvalue weighted by atomic mass is 16.5. The minimum Gasteiger partial charge on any atom is -0.465 e. The lowest BCUT2D eigenvalue weighted by molar-refractivity contribution is 0.0602. The molecular weight excluding hydrogens is 306 g/mol. The number of amides is 2. The van der Waals surface area contributed by atoms with Gasteiger partial charge in [-0.2, -0.15) is 0 Å². The van der Waals surface area contributed by atoms with E-state index in [2.05, 4.69) is 15.6 Å². The largest absolute Gasteiger partial charge is 0.465 e. The molecule has 2 amide bonds. The number of hydrogen-bond donors (Lipinski definition) is 2. The van der Waals surface area contributed by atoms with E-state index in [0.717, 1.165) is 5.39 Å². The van der Waals surface area contributed by atoms with Gasteiger partial charge in [-0.25, -0.2) is 9.59 Å². The van der Waals surface area contributed by atoms with E-state index in [4.69, 9.17) is 4.74 Å². The third kappa shape index (κ3) is 3.17. The molecule has 1 aromatic heterocycles. The average Bonchev–Trinajstić information content (AvgIpc) is 2.62. The van der Waals surface area contributed by atoms with E-state index in [9.17, 15) is 9.59 Å². The zero-order valence-electron chi connectivity index (χ0n) is 12.9. The van der Waals surface area contributed by atoms with Crippen LogP contribution < -0.4 is 10.6 Å².